The molecule has 5 nitrogen and oxygen atoms in total. The van der Waals surface area contributed by atoms with Gasteiger partial charge in [-0.3, -0.25) is 0 Å². The van der Waals surface area contributed by atoms with Gasteiger partial charge in [0.15, 0.2) is 8.32 Å². The van der Waals surface area contributed by atoms with Crippen molar-refractivity contribution >= 4 is 14.3 Å². The summed E-state index contributed by atoms with van der Waals surface area (Å²) >= 11 is 0. The maximum absolute atomic E-state index is 12.1. The van der Waals surface area contributed by atoms with Gasteiger partial charge in [0.2, 0.25) is 0 Å². The van der Waals surface area contributed by atoms with Crippen LogP contribution in [0.5, 0.6) is 11.5 Å². The van der Waals surface area contributed by atoms with Crippen molar-refractivity contribution in [2.24, 2.45) is 0 Å². The van der Waals surface area contributed by atoms with Crippen LogP contribution >= 0.6 is 0 Å². The minimum absolute atomic E-state index is 0.135. The Hall–Kier alpha value is -2.31. The van der Waals surface area contributed by atoms with Gasteiger partial charge >= 0.3 is 5.97 Å². The summed E-state index contributed by atoms with van der Waals surface area (Å²) in [6.07, 6.45) is -0.172. The molecule has 0 saturated heterocycles. The zero-order valence-electron chi connectivity index (χ0n) is 19.2. The van der Waals surface area contributed by atoms with Crippen molar-refractivity contribution < 1.29 is 23.4 Å². The first kappa shape index (κ1) is 24.0. The lowest BCUT2D eigenvalue weighted by Gasteiger charge is -2.36. The van der Waals surface area contributed by atoms with E-state index in [2.05, 4.69) is 33.9 Å². The van der Waals surface area contributed by atoms with Crippen LogP contribution in [0.15, 0.2) is 48.5 Å². The van der Waals surface area contributed by atoms with E-state index >= 15 is 0 Å². The van der Waals surface area contributed by atoms with Gasteiger partial charge in [-0.1, -0.05) is 51.1 Å². The number of benzene rings is 2. The lowest BCUT2D eigenvalue weighted by Crippen LogP contribution is -2.43. The minimum Gasteiger partial charge on any atom is -0.489 e. The highest BCUT2D eigenvalue weighted by atomic mass is 28.4. The number of carbonyl (C=O) groups excluding carboxylic acids is 1. The van der Waals surface area contributed by atoms with E-state index in [0.29, 0.717) is 30.3 Å². The summed E-state index contributed by atoms with van der Waals surface area (Å²) in [5, 5.41) is 0.135. The molecule has 0 N–H and O–H groups in total. The maximum atomic E-state index is 12.1. The van der Waals surface area contributed by atoms with Gasteiger partial charge in [-0.05, 0) is 42.8 Å². The monoisotopic (exact) mass is 430 g/mol. The third-order valence-electron chi connectivity index (χ3n) is 5.37. The van der Waals surface area contributed by atoms with Gasteiger partial charge in [-0.25, -0.2) is 4.79 Å². The second kappa shape index (κ2) is 10.1. The molecule has 0 spiro atoms. The molecule has 164 valence electrons. The summed E-state index contributed by atoms with van der Waals surface area (Å²) in [5.74, 6) is 0.664. The zero-order valence-corrected chi connectivity index (χ0v) is 20.2. The van der Waals surface area contributed by atoms with Crippen LogP contribution in [-0.2, 0) is 15.8 Å². The van der Waals surface area contributed by atoms with E-state index in [1.54, 1.807) is 18.2 Å². The van der Waals surface area contributed by atoms with E-state index in [1.165, 1.54) is 7.11 Å². The predicted octanol–water partition coefficient (Wildman–Crippen LogP) is 5.84. The average Bonchev–Trinajstić information content (AvgIpc) is 2.70. The van der Waals surface area contributed by atoms with Crippen LogP contribution in [0.2, 0.25) is 18.1 Å². The van der Waals surface area contributed by atoms with Crippen LogP contribution in [0.25, 0.3) is 0 Å². The van der Waals surface area contributed by atoms with Crippen molar-refractivity contribution in [3.8, 4) is 11.5 Å². The summed E-state index contributed by atoms with van der Waals surface area (Å²) in [6, 6.07) is 15.0. The third-order valence-corrected chi connectivity index (χ3v) is 9.87. The summed E-state index contributed by atoms with van der Waals surface area (Å²) < 4.78 is 23.1. The Labute approximate surface area is 181 Å². The normalized spacial score (nSPS) is 12.9. The fourth-order valence-corrected chi connectivity index (χ4v) is 3.59. The first-order valence-corrected chi connectivity index (χ1v) is 13.1. The lowest BCUT2D eigenvalue weighted by molar-refractivity contribution is 0.0599. The Morgan fingerprint density at radius 3 is 2.27 bits per heavy atom. The standard InChI is InChI=1S/C24H34O5Si/c1-18(16-28-30(6,7)24(2,3)4)29-22-14-20(23(25)26-5)13-21(15-22)27-17-19-11-9-8-10-12-19/h8-15,18H,16-17H2,1-7H3. The Morgan fingerprint density at radius 2 is 1.67 bits per heavy atom. The molecule has 6 heteroatoms. The molecule has 0 fully saturated rings. The average molecular weight is 431 g/mol. The molecule has 1 unspecified atom stereocenters. The molecule has 2 aromatic carbocycles. The van der Waals surface area contributed by atoms with Gasteiger partial charge in [0.25, 0.3) is 0 Å². The number of hydrogen-bond donors (Lipinski definition) is 0. The van der Waals surface area contributed by atoms with E-state index in [-0.39, 0.29) is 11.1 Å². The summed E-state index contributed by atoms with van der Waals surface area (Å²) in [7, 11) is -0.502. The molecule has 0 radical (unpaired) electrons. The molecule has 1 atom stereocenters. The molecule has 0 saturated carbocycles. The van der Waals surface area contributed by atoms with Gasteiger partial charge < -0.3 is 18.6 Å². The molecule has 0 aliphatic heterocycles. The van der Waals surface area contributed by atoms with E-state index in [1.807, 2.05) is 37.3 Å². The summed E-state index contributed by atoms with van der Waals surface area (Å²) in [6.45, 7) is 13.9. The molecule has 0 aliphatic carbocycles. The molecular weight excluding hydrogens is 396 g/mol. The number of methoxy groups -OCH3 is 1. The van der Waals surface area contributed by atoms with Crippen LogP contribution in [0, 0.1) is 0 Å². The van der Waals surface area contributed by atoms with Crippen LogP contribution in [0.1, 0.15) is 43.6 Å². The smallest absolute Gasteiger partial charge is 0.338 e. The van der Waals surface area contributed by atoms with E-state index < -0.39 is 14.3 Å². The van der Waals surface area contributed by atoms with Crippen molar-refractivity contribution in [2.45, 2.75) is 58.5 Å². The number of carbonyl (C=O) groups is 1. The highest BCUT2D eigenvalue weighted by Gasteiger charge is 2.37. The molecular formula is C24H34O5Si. The Bertz CT molecular complexity index is 827. The quantitative estimate of drug-likeness (QED) is 0.369. The van der Waals surface area contributed by atoms with Gasteiger partial charge in [-0.2, -0.15) is 0 Å². The molecule has 2 aromatic rings. The Morgan fingerprint density at radius 1 is 1.03 bits per heavy atom. The molecule has 0 aliphatic rings. The number of esters is 1. The van der Waals surface area contributed by atoms with Gasteiger partial charge in [0.1, 0.15) is 24.2 Å². The Balaban J connectivity index is 2.10. The molecule has 0 bridgehead atoms. The van der Waals surface area contributed by atoms with Crippen LogP contribution < -0.4 is 9.47 Å². The second-order valence-electron chi connectivity index (χ2n) is 8.96. The van der Waals surface area contributed by atoms with Gasteiger partial charge in [0.05, 0.1) is 19.3 Å². The number of rotatable bonds is 9. The fourth-order valence-electron chi connectivity index (χ4n) is 2.51. The van der Waals surface area contributed by atoms with Crippen LogP contribution in [0.4, 0.5) is 0 Å². The van der Waals surface area contributed by atoms with E-state index in [0.717, 1.165) is 5.56 Å². The van der Waals surface area contributed by atoms with Crippen molar-refractivity contribution in [1.82, 2.24) is 0 Å². The highest BCUT2D eigenvalue weighted by Crippen LogP contribution is 2.36. The summed E-state index contributed by atoms with van der Waals surface area (Å²) in [4.78, 5) is 12.1. The van der Waals surface area contributed by atoms with Gasteiger partial charge in [0, 0.05) is 6.07 Å². The molecule has 0 amide bonds. The van der Waals surface area contributed by atoms with E-state index in [4.69, 9.17) is 18.6 Å². The topological polar surface area (TPSA) is 54.0 Å². The predicted molar refractivity (Wildman–Crippen MR) is 122 cm³/mol. The van der Waals surface area contributed by atoms with Gasteiger partial charge in [-0.15, -0.1) is 0 Å². The number of hydrogen-bond acceptors (Lipinski definition) is 5. The molecule has 0 heterocycles. The second-order valence-corrected chi connectivity index (χ2v) is 13.8. The van der Waals surface area contributed by atoms with Crippen LogP contribution in [0.3, 0.4) is 0 Å². The SMILES string of the molecule is COC(=O)c1cc(OCc2ccccc2)cc(OC(C)CO[Si](C)(C)C(C)(C)C)c1. The molecule has 0 aromatic heterocycles. The minimum atomic E-state index is -1.86. The van der Waals surface area contributed by atoms with Crippen molar-refractivity contribution in [3.05, 3.63) is 59.7 Å². The molecule has 30 heavy (non-hydrogen) atoms. The van der Waals surface area contributed by atoms with Crippen LogP contribution in [-0.4, -0.2) is 34.1 Å². The summed E-state index contributed by atoms with van der Waals surface area (Å²) in [5.41, 5.74) is 1.43. The third kappa shape index (κ3) is 6.88. The maximum Gasteiger partial charge on any atom is 0.338 e. The first-order chi connectivity index (χ1) is 14.0. The Kier molecular flexibility index (Phi) is 8.09. The molecule has 2 rings (SSSR count). The van der Waals surface area contributed by atoms with E-state index in [9.17, 15) is 4.79 Å². The van der Waals surface area contributed by atoms with Crippen molar-refractivity contribution in [2.75, 3.05) is 13.7 Å². The highest BCUT2D eigenvalue weighted by molar-refractivity contribution is 6.74. The zero-order chi connectivity index (χ0) is 22.4. The largest absolute Gasteiger partial charge is 0.489 e. The van der Waals surface area contributed by atoms with Crippen molar-refractivity contribution in [3.63, 3.8) is 0 Å². The van der Waals surface area contributed by atoms with Crippen molar-refractivity contribution in [1.29, 1.82) is 0 Å². The number of ether oxygens (including phenoxy) is 3. The first-order valence-electron chi connectivity index (χ1n) is 10.2. The fraction of sp³-hybridized carbons (Fsp3) is 0.458. The lowest BCUT2D eigenvalue weighted by atomic mass is 10.2.